The molecule has 1 atom stereocenters. The molecule has 122 valence electrons. The van der Waals surface area contributed by atoms with Crippen molar-refractivity contribution in [2.45, 2.75) is 5.92 Å². The molecule has 1 heterocycles. The lowest BCUT2D eigenvalue weighted by molar-refractivity contribution is 0.357. The zero-order valence-corrected chi connectivity index (χ0v) is 14.3. The molecule has 0 amide bonds. The molecular weight excluding hydrogens is 357 g/mol. The fraction of sp³-hybridized carbons (Fsp3) is 0.0526. The first-order chi connectivity index (χ1) is 12.1. The SMILES string of the molecule is N#CC1=C(N)OC(c2ccccc2)=C(C#N)[C@@H]1c1c(Cl)cccc1Cl. The standard InChI is InChI=1S/C19H11Cl2N3O/c20-14-7-4-8-15(21)17(14)16-12(9-22)18(11-5-2-1-3-6-11)25-19(24)13(16)10-23/h1-8,16H,24H2/t16-/m0/s1. The second-order valence-corrected chi connectivity index (χ2v) is 6.10. The highest BCUT2D eigenvalue weighted by atomic mass is 35.5. The maximum Gasteiger partial charge on any atom is 0.205 e. The molecule has 3 rings (SSSR count). The minimum absolute atomic E-state index is 0.0682. The Bertz CT molecular complexity index is 962. The van der Waals surface area contributed by atoms with Crippen LogP contribution in [-0.4, -0.2) is 0 Å². The fourth-order valence-electron chi connectivity index (χ4n) is 2.75. The van der Waals surface area contributed by atoms with E-state index in [1.54, 1.807) is 30.3 Å². The third-order valence-corrected chi connectivity index (χ3v) is 4.52. The maximum atomic E-state index is 9.79. The lowest BCUT2D eigenvalue weighted by atomic mass is 9.82. The number of rotatable bonds is 2. The van der Waals surface area contributed by atoms with Crippen LogP contribution in [-0.2, 0) is 4.74 Å². The van der Waals surface area contributed by atoms with Gasteiger partial charge in [0.2, 0.25) is 5.88 Å². The lowest BCUT2D eigenvalue weighted by Gasteiger charge is -2.27. The monoisotopic (exact) mass is 367 g/mol. The number of nitrogens with two attached hydrogens (primary N) is 1. The summed E-state index contributed by atoms with van der Waals surface area (Å²) in [6.45, 7) is 0. The fourth-order valence-corrected chi connectivity index (χ4v) is 3.37. The van der Waals surface area contributed by atoms with E-state index in [2.05, 4.69) is 6.07 Å². The first kappa shape index (κ1) is 16.9. The Kier molecular flexibility index (Phi) is 4.67. The molecule has 0 aromatic heterocycles. The van der Waals surface area contributed by atoms with Crippen molar-refractivity contribution in [3.8, 4) is 12.1 Å². The number of nitrogens with zero attached hydrogens (tertiary/aromatic N) is 2. The van der Waals surface area contributed by atoms with E-state index in [0.29, 0.717) is 26.9 Å². The van der Waals surface area contributed by atoms with Crippen molar-refractivity contribution in [3.05, 3.63) is 86.7 Å². The van der Waals surface area contributed by atoms with E-state index < -0.39 is 5.92 Å². The molecule has 0 fully saturated rings. The van der Waals surface area contributed by atoms with Gasteiger partial charge in [0.1, 0.15) is 11.6 Å². The van der Waals surface area contributed by atoms with Gasteiger partial charge in [-0.05, 0) is 12.1 Å². The van der Waals surface area contributed by atoms with Crippen molar-refractivity contribution in [2.75, 3.05) is 0 Å². The molecule has 1 aliphatic rings. The molecule has 0 unspecified atom stereocenters. The zero-order chi connectivity index (χ0) is 18.0. The molecule has 2 N–H and O–H groups in total. The Morgan fingerprint density at radius 2 is 1.48 bits per heavy atom. The van der Waals surface area contributed by atoms with Gasteiger partial charge in [-0.2, -0.15) is 10.5 Å². The summed E-state index contributed by atoms with van der Waals surface area (Å²) in [5.41, 5.74) is 7.43. The minimum atomic E-state index is -0.792. The van der Waals surface area contributed by atoms with Crippen LogP contribution in [0.1, 0.15) is 17.0 Å². The van der Waals surface area contributed by atoms with Crippen LogP contribution >= 0.6 is 23.2 Å². The number of halogens is 2. The van der Waals surface area contributed by atoms with Crippen LogP contribution in [0.15, 0.2) is 65.6 Å². The van der Waals surface area contributed by atoms with Gasteiger partial charge < -0.3 is 10.5 Å². The van der Waals surface area contributed by atoms with Gasteiger partial charge in [0.15, 0.2) is 5.76 Å². The normalized spacial score (nSPS) is 16.9. The van der Waals surface area contributed by atoms with Gasteiger partial charge in [-0.3, -0.25) is 0 Å². The first-order valence-electron chi connectivity index (χ1n) is 7.29. The number of benzene rings is 2. The van der Waals surface area contributed by atoms with Crippen LogP contribution in [0.5, 0.6) is 0 Å². The average molecular weight is 368 g/mol. The molecular formula is C19H11Cl2N3O. The predicted octanol–water partition coefficient (Wildman–Crippen LogP) is 4.74. The second kappa shape index (κ2) is 6.91. The highest BCUT2D eigenvalue weighted by Crippen LogP contribution is 2.46. The summed E-state index contributed by atoms with van der Waals surface area (Å²) >= 11 is 12.6. The van der Waals surface area contributed by atoms with E-state index in [1.165, 1.54) is 0 Å². The molecule has 1 aliphatic heterocycles. The van der Waals surface area contributed by atoms with E-state index in [1.807, 2.05) is 24.3 Å². The number of hydrogen-bond acceptors (Lipinski definition) is 4. The molecule has 0 aliphatic carbocycles. The summed E-state index contributed by atoms with van der Waals surface area (Å²) in [6.07, 6.45) is 0. The van der Waals surface area contributed by atoms with Crippen LogP contribution in [0.2, 0.25) is 10.0 Å². The van der Waals surface area contributed by atoms with Crippen LogP contribution in [0.25, 0.3) is 5.76 Å². The summed E-state index contributed by atoms with van der Waals surface area (Å²) in [5.74, 6) is -0.568. The lowest BCUT2D eigenvalue weighted by Crippen LogP contribution is -2.20. The Balaban J connectivity index is 2.32. The summed E-state index contributed by atoms with van der Waals surface area (Å²) in [4.78, 5) is 0. The van der Waals surface area contributed by atoms with Crippen molar-refractivity contribution in [2.24, 2.45) is 5.73 Å². The minimum Gasteiger partial charge on any atom is -0.439 e. The maximum absolute atomic E-state index is 9.79. The summed E-state index contributed by atoms with van der Waals surface area (Å²) in [6, 6.07) is 18.2. The van der Waals surface area contributed by atoms with Gasteiger partial charge in [-0.15, -0.1) is 0 Å². The molecule has 0 bridgehead atoms. The Morgan fingerprint density at radius 3 is 2.04 bits per heavy atom. The van der Waals surface area contributed by atoms with E-state index in [-0.39, 0.29) is 17.0 Å². The third-order valence-electron chi connectivity index (χ3n) is 3.86. The van der Waals surface area contributed by atoms with Gasteiger partial charge in [-0.25, -0.2) is 0 Å². The summed E-state index contributed by atoms with van der Waals surface area (Å²) in [5, 5.41) is 20.0. The van der Waals surface area contributed by atoms with Crippen LogP contribution in [0.4, 0.5) is 0 Å². The molecule has 0 radical (unpaired) electrons. The smallest absolute Gasteiger partial charge is 0.205 e. The van der Waals surface area contributed by atoms with Crippen molar-refractivity contribution in [1.29, 1.82) is 10.5 Å². The Hall–Kier alpha value is -2.92. The molecule has 4 nitrogen and oxygen atoms in total. The molecule has 2 aromatic carbocycles. The largest absolute Gasteiger partial charge is 0.439 e. The molecule has 0 saturated heterocycles. The van der Waals surface area contributed by atoms with Crippen LogP contribution < -0.4 is 5.73 Å². The molecule has 6 heteroatoms. The quantitative estimate of drug-likeness (QED) is 0.830. The zero-order valence-electron chi connectivity index (χ0n) is 12.8. The van der Waals surface area contributed by atoms with Gasteiger partial charge in [0, 0.05) is 21.2 Å². The van der Waals surface area contributed by atoms with Gasteiger partial charge in [0.05, 0.1) is 17.6 Å². The number of ether oxygens (including phenoxy) is 1. The van der Waals surface area contributed by atoms with Crippen molar-refractivity contribution >= 4 is 29.0 Å². The Morgan fingerprint density at radius 1 is 0.880 bits per heavy atom. The highest BCUT2D eigenvalue weighted by Gasteiger charge is 2.36. The second-order valence-electron chi connectivity index (χ2n) is 5.28. The van der Waals surface area contributed by atoms with Gasteiger partial charge in [-0.1, -0.05) is 59.6 Å². The van der Waals surface area contributed by atoms with E-state index in [0.717, 1.165) is 0 Å². The molecule has 2 aromatic rings. The number of hydrogen-bond donors (Lipinski definition) is 1. The van der Waals surface area contributed by atoms with Gasteiger partial charge >= 0.3 is 0 Å². The molecule has 0 saturated carbocycles. The average Bonchev–Trinajstić information content (AvgIpc) is 2.62. The third kappa shape index (κ3) is 2.94. The molecule has 25 heavy (non-hydrogen) atoms. The summed E-state index contributed by atoms with van der Waals surface area (Å²) < 4.78 is 5.62. The van der Waals surface area contributed by atoms with Crippen molar-refractivity contribution < 1.29 is 4.74 Å². The Labute approximate surface area is 155 Å². The summed E-state index contributed by atoms with van der Waals surface area (Å²) in [7, 11) is 0. The van der Waals surface area contributed by atoms with E-state index in [4.69, 9.17) is 33.7 Å². The number of allylic oxidation sites excluding steroid dienone is 2. The van der Waals surface area contributed by atoms with Gasteiger partial charge in [0.25, 0.3) is 0 Å². The van der Waals surface area contributed by atoms with Crippen molar-refractivity contribution in [3.63, 3.8) is 0 Å². The molecule has 0 spiro atoms. The van der Waals surface area contributed by atoms with Crippen LogP contribution in [0, 0.1) is 22.7 Å². The predicted molar refractivity (Wildman–Crippen MR) is 96.1 cm³/mol. The van der Waals surface area contributed by atoms with E-state index >= 15 is 0 Å². The number of nitriles is 2. The topological polar surface area (TPSA) is 82.8 Å². The van der Waals surface area contributed by atoms with E-state index in [9.17, 15) is 10.5 Å². The highest BCUT2D eigenvalue weighted by molar-refractivity contribution is 6.36. The first-order valence-corrected chi connectivity index (χ1v) is 8.05. The van der Waals surface area contributed by atoms with Crippen molar-refractivity contribution in [1.82, 2.24) is 0 Å². The van der Waals surface area contributed by atoms with Crippen LogP contribution in [0.3, 0.4) is 0 Å².